The second-order valence-corrected chi connectivity index (χ2v) is 7.01. The van der Waals surface area contributed by atoms with Gasteiger partial charge in [-0.2, -0.15) is 8.42 Å². The van der Waals surface area contributed by atoms with Crippen LogP contribution in [0.15, 0.2) is 94.2 Å². The maximum Gasteiger partial charge on any atom is 0.285 e. The number of nitrogens with zero attached hydrogens (tertiary/aromatic N) is 2. The molecular weight excluding hydrogens is 368 g/mol. The van der Waals surface area contributed by atoms with E-state index in [1.54, 1.807) is 48.5 Å². The summed E-state index contributed by atoms with van der Waals surface area (Å²) in [5.74, 6) is 0.0970. The van der Waals surface area contributed by atoms with Gasteiger partial charge in [-0.1, -0.05) is 36.4 Å². The van der Waals surface area contributed by atoms with E-state index in [-0.39, 0.29) is 22.2 Å². The average Bonchev–Trinajstić information content (AvgIpc) is 2.69. The van der Waals surface area contributed by atoms with E-state index in [1.165, 1.54) is 36.4 Å². The molecule has 0 aliphatic carbocycles. The highest BCUT2D eigenvalue weighted by Crippen LogP contribution is 2.20. The SMILES string of the molecule is O=[N+]([O-])c1ccc(OC(=NS(=O)(=O)c2ccccc2)c2ccccc2)cc1. The summed E-state index contributed by atoms with van der Waals surface area (Å²) in [6.45, 7) is 0. The molecule has 7 nitrogen and oxygen atoms in total. The lowest BCUT2D eigenvalue weighted by Gasteiger charge is -2.09. The van der Waals surface area contributed by atoms with Gasteiger partial charge in [-0.3, -0.25) is 10.1 Å². The van der Waals surface area contributed by atoms with E-state index in [1.807, 2.05) is 0 Å². The fraction of sp³-hybridized carbons (Fsp3) is 0. The van der Waals surface area contributed by atoms with Crippen LogP contribution in [0.2, 0.25) is 0 Å². The Kier molecular flexibility index (Phi) is 5.28. The molecule has 0 radical (unpaired) electrons. The van der Waals surface area contributed by atoms with Crippen LogP contribution in [0, 0.1) is 10.1 Å². The first-order valence-electron chi connectivity index (χ1n) is 7.83. The molecule has 0 unspecified atom stereocenters. The predicted molar refractivity (Wildman–Crippen MR) is 100 cm³/mol. The molecule has 0 fully saturated rings. The lowest BCUT2D eigenvalue weighted by molar-refractivity contribution is -0.384. The number of sulfonamides is 1. The number of benzene rings is 3. The Morgan fingerprint density at radius 1 is 0.852 bits per heavy atom. The highest BCUT2D eigenvalue weighted by Gasteiger charge is 2.17. The van der Waals surface area contributed by atoms with Crippen molar-refractivity contribution in [3.8, 4) is 5.75 Å². The topological polar surface area (TPSA) is 98.9 Å². The summed E-state index contributed by atoms with van der Waals surface area (Å²) in [7, 11) is -3.99. The minimum absolute atomic E-state index is 0.0331. The van der Waals surface area contributed by atoms with E-state index < -0.39 is 14.9 Å². The molecule has 0 aliphatic heterocycles. The van der Waals surface area contributed by atoms with Crippen molar-refractivity contribution in [2.24, 2.45) is 4.40 Å². The standard InChI is InChI=1S/C19H14N2O5S/c22-21(23)16-11-13-17(14-12-16)26-19(15-7-3-1-4-8-15)20-27(24,25)18-9-5-2-6-10-18/h1-14H. The first-order chi connectivity index (χ1) is 13.0. The molecule has 3 rings (SSSR count). The molecule has 0 bridgehead atoms. The van der Waals surface area contributed by atoms with Crippen LogP contribution >= 0.6 is 0 Å². The molecule has 0 N–H and O–H groups in total. The molecule has 27 heavy (non-hydrogen) atoms. The Bertz CT molecular complexity index is 1060. The first-order valence-corrected chi connectivity index (χ1v) is 9.27. The predicted octanol–water partition coefficient (Wildman–Crippen LogP) is 3.81. The summed E-state index contributed by atoms with van der Waals surface area (Å²) in [5, 5.41) is 10.8. The van der Waals surface area contributed by atoms with Gasteiger partial charge in [-0.25, -0.2) is 0 Å². The molecule has 0 aromatic heterocycles. The van der Waals surface area contributed by atoms with Crippen LogP contribution in [-0.4, -0.2) is 19.2 Å². The highest BCUT2D eigenvalue weighted by atomic mass is 32.2. The van der Waals surface area contributed by atoms with Crippen LogP contribution in [0.4, 0.5) is 5.69 Å². The Hall–Kier alpha value is -3.52. The van der Waals surface area contributed by atoms with Gasteiger partial charge in [-0.15, -0.1) is 4.40 Å². The summed E-state index contributed by atoms with van der Waals surface area (Å²) in [6.07, 6.45) is 0. The number of non-ortho nitro benzene ring substituents is 1. The van der Waals surface area contributed by atoms with Gasteiger partial charge in [0.25, 0.3) is 15.7 Å². The van der Waals surface area contributed by atoms with Gasteiger partial charge in [-0.05, 0) is 36.4 Å². The molecule has 0 spiro atoms. The van der Waals surface area contributed by atoms with E-state index in [0.29, 0.717) is 5.56 Å². The zero-order chi connectivity index (χ0) is 19.3. The average molecular weight is 382 g/mol. The van der Waals surface area contributed by atoms with Crippen molar-refractivity contribution in [3.05, 3.63) is 101 Å². The largest absolute Gasteiger partial charge is 0.438 e. The van der Waals surface area contributed by atoms with Crippen LogP contribution < -0.4 is 4.74 Å². The van der Waals surface area contributed by atoms with Crippen molar-refractivity contribution >= 4 is 21.6 Å². The van der Waals surface area contributed by atoms with Crippen molar-refractivity contribution in [2.45, 2.75) is 4.90 Å². The quantitative estimate of drug-likeness (QED) is 0.289. The lowest BCUT2D eigenvalue weighted by Crippen LogP contribution is -2.13. The fourth-order valence-electron chi connectivity index (χ4n) is 2.21. The van der Waals surface area contributed by atoms with E-state index in [4.69, 9.17) is 4.74 Å². The summed E-state index contributed by atoms with van der Waals surface area (Å²) >= 11 is 0. The third-order valence-corrected chi connectivity index (χ3v) is 4.80. The molecule has 0 saturated carbocycles. The molecule has 8 heteroatoms. The van der Waals surface area contributed by atoms with Crippen LogP contribution in [0.25, 0.3) is 0 Å². The maximum absolute atomic E-state index is 12.6. The molecular formula is C19H14N2O5S. The van der Waals surface area contributed by atoms with E-state index in [0.717, 1.165) is 0 Å². The summed E-state index contributed by atoms with van der Waals surface area (Å²) < 4.78 is 34.7. The third-order valence-electron chi connectivity index (χ3n) is 3.53. The Morgan fingerprint density at radius 3 is 1.96 bits per heavy atom. The van der Waals surface area contributed by atoms with Crippen molar-refractivity contribution in [1.29, 1.82) is 0 Å². The molecule has 3 aromatic carbocycles. The van der Waals surface area contributed by atoms with Crippen LogP contribution in [0.3, 0.4) is 0 Å². The minimum Gasteiger partial charge on any atom is -0.438 e. The summed E-state index contributed by atoms with van der Waals surface area (Å²) in [4.78, 5) is 10.3. The molecule has 0 heterocycles. The number of rotatable bonds is 5. The van der Waals surface area contributed by atoms with Gasteiger partial charge < -0.3 is 4.74 Å². The first kappa shape index (κ1) is 18.3. The molecule has 0 aliphatic rings. The number of ether oxygens (including phenoxy) is 1. The molecule has 0 saturated heterocycles. The smallest absolute Gasteiger partial charge is 0.285 e. The molecule has 136 valence electrons. The monoisotopic (exact) mass is 382 g/mol. The van der Waals surface area contributed by atoms with Gasteiger partial charge >= 0.3 is 0 Å². The normalized spacial score (nSPS) is 11.8. The molecule has 0 amide bonds. The second kappa shape index (κ2) is 7.79. The number of nitro groups is 1. The van der Waals surface area contributed by atoms with Gasteiger partial charge in [0.1, 0.15) is 5.75 Å². The van der Waals surface area contributed by atoms with Crippen LogP contribution in [-0.2, 0) is 10.0 Å². The van der Waals surface area contributed by atoms with E-state index >= 15 is 0 Å². The maximum atomic E-state index is 12.6. The zero-order valence-electron chi connectivity index (χ0n) is 13.9. The number of nitro benzene ring substituents is 1. The highest BCUT2D eigenvalue weighted by molar-refractivity contribution is 7.90. The van der Waals surface area contributed by atoms with Crippen molar-refractivity contribution < 1.29 is 18.1 Å². The molecule has 0 atom stereocenters. The number of hydrogen-bond donors (Lipinski definition) is 0. The van der Waals surface area contributed by atoms with Crippen LogP contribution in [0.5, 0.6) is 5.75 Å². The van der Waals surface area contributed by atoms with Crippen molar-refractivity contribution in [2.75, 3.05) is 0 Å². The lowest BCUT2D eigenvalue weighted by atomic mass is 10.2. The third kappa shape index (κ3) is 4.56. The molecule has 3 aromatic rings. The van der Waals surface area contributed by atoms with E-state index in [2.05, 4.69) is 4.40 Å². The van der Waals surface area contributed by atoms with Gasteiger partial charge in [0.2, 0.25) is 5.90 Å². The fourth-order valence-corrected chi connectivity index (χ4v) is 3.18. The van der Waals surface area contributed by atoms with Crippen molar-refractivity contribution in [1.82, 2.24) is 0 Å². The van der Waals surface area contributed by atoms with Gasteiger partial charge in [0.15, 0.2) is 0 Å². The summed E-state index contributed by atoms with van der Waals surface area (Å²) in [6, 6.07) is 21.6. The van der Waals surface area contributed by atoms with Crippen LogP contribution in [0.1, 0.15) is 5.56 Å². The van der Waals surface area contributed by atoms with Gasteiger partial charge in [0.05, 0.1) is 9.82 Å². The zero-order valence-corrected chi connectivity index (χ0v) is 14.7. The Balaban J connectivity index is 2.01. The Labute approximate surface area is 155 Å². The minimum atomic E-state index is -3.99. The van der Waals surface area contributed by atoms with Crippen molar-refractivity contribution in [3.63, 3.8) is 0 Å². The second-order valence-electron chi connectivity index (χ2n) is 5.40. The summed E-state index contributed by atoms with van der Waals surface area (Å²) in [5.41, 5.74) is 0.354. The number of hydrogen-bond acceptors (Lipinski definition) is 5. The Morgan fingerprint density at radius 2 is 1.41 bits per heavy atom. The van der Waals surface area contributed by atoms with E-state index in [9.17, 15) is 18.5 Å². The van der Waals surface area contributed by atoms with Gasteiger partial charge in [0, 0.05) is 17.7 Å².